The van der Waals surface area contributed by atoms with Gasteiger partial charge in [-0.2, -0.15) is 0 Å². The van der Waals surface area contributed by atoms with Gasteiger partial charge >= 0.3 is 0 Å². The minimum atomic E-state index is -0.146. The van der Waals surface area contributed by atoms with Crippen LogP contribution in [0.4, 0.5) is 0 Å². The molecule has 6 heteroatoms. The second kappa shape index (κ2) is 7.66. The largest absolute Gasteiger partial charge is 0.325 e. The Bertz CT molecular complexity index is 1150. The first kappa shape index (κ1) is 19.7. The predicted octanol–water partition coefficient (Wildman–Crippen LogP) is 3.93. The molecular formula is C27H31N5O. The van der Waals surface area contributed by atoms with E-state index in [1.165, 1.54) is 37.7 Å². The number of aromatic nitrogens is 3. The Kier molecular flexibility index (Phi) is 4.57. The van der Waals surface area contributed by atoms with Crippen molar-refractivity contribution in [3.63, 3.8) is 0 Å². The first-order valence-corrected chi connectivity index (χ1v) is 12.6. The van der Waals surface area contributed by atoms with Crippen LogP contribution in [0.3, 0.4) is 0 Å². The first-order chi connectivity index (χ1) is 16.2. The Morgan fingerprint density at radius 2 is 1.55 bits per heavy atom. The van der Waals surface area contributed by atoms with Gasteiger partial charge in [0.2, 0.25) is 5.91 Å². The topological polar surface area (TPSA) is 54.3 Å². The van der Waals surface area contributed by atoms with Crippen LogP contribution in [0, 0.1) is 23.7 Å². The van der Waals surface area contributed by atoms with E-state index in [2.05, 4.69) is 50.4 Å². The zero-order chi connectivity index (χ0) is 21.9. The molecule has 33 heavy (non-hydrogen) atoms. The summed E-state index contributed by atoms with van der Waals surface area (Å²) >= 11 is 0. The molecule has 1 saturated heterocycles. The highest BCUT2D eigenvalue weighted by atomic mass is 16.2. The van der Waals surface area contributed by atoms with Crippen molar-refractivity contribution >= 4 is 16.9 Å². The molecule has 170 valence electrons. The van der Waals surface area contributed by atoms with E-state index in [1.54, 1.807) is 0 Å². The molecule has 4 saturated carbocycles. The average molecular weight is 442 g/mol. The van der Waals surface area contributed by atoms with E-state index in [1.807, 2.05) is 28.9 Å². The van der Waals surface area contributed by atoms with Gasteiger partial charge in [-0.1, -0.05) is 47.7 Å². The number of benzene rings is 2. The Hall–Kier alpha value is -2.73. The molecule has 2 aromatic carbocycles. The summed E-state index contributed by atoms with van der Waals surface area (Å²) in [5.74, 6) is 3.56. The molecule has 0 spiro atoms. The van der Waals surface area contributed by atoms with Gasteiger partial charge in [-0.3, -0.25) is 9.69 Å². The van der Waals surface area contributed by atoms with E-state index < -0.39 is 0 Å². The standard InChI is InChI=1S/C27H31N5O/c33-27-25(15-18-6-2-1-3-7-18)30(17-32-24-9-5-4-8-23(24)28-29-32)16-31(27)26-21-11-19-10-20(13-21)14-22(26)12-19/h1-9,19-22,25-26H,10-17H2/t19?,20?,21?,22?,25-,26?/m1/s1. The van der Waals surface area contributed by atoms with Crippen LogP contribution in [0.5, 0.6) is 0 Å². The summed E-state index contributed by atoms with van der Waals surface area (Å²) in [6, 6.07) is 18.8. The highest BCUT2D eigenvalue weighted by molar-refractivity contribution is 5.84. The van der Waals surface area contributed by atoms with Gasteiger partial charge in [0, 0.05) is 6.04 Å². The zero-order valence-corrected chi connectivity index (χ0v) is 19.0. The minimum absolute atomic E-state index is 0.146. The average Bonchev–Trinajstić information content (AvgIpc) is 3.36. The van der Waals surface area contributed by atoms with Crippen LogP contribution in [0.25, 0.3) is 11.0 Å². The lowest BCUT2D eigenvalue weighted by atomic mass is 9.54. The van der Waals surface area contributed by atoms with Gasteiger partial charge in [-0.15, -0.1) is 5.10 Å². The van der Waals surface area contributed by atoms with Gasteiger partial charge in [0.15, 0.2) is 0 Å². The molecular weight excluding hydrogens is 410 g/mol. The van der Waals surface area contributed by atoms with Gasteiger partial charge in [-0.05, 0) is 79.9 Å². The number of para-hydroxylation sites is 1. The molecule has 3 aromatic rings. The van der Waals surface area contributed by atoms with Crippen molar-refractivity contribution in [3.05, 3.63) is 60.2 Å². The van der Waals surface area contributed by atoms with Gasteiger partial charge in [0.05, 0.1) is 24.9 Å². The molecule has 5 aliphatic rings. The molecule has 1 atom stereocenters. The summed E-state index contributed by atoms with van der Waals surface area (Å²) in [4.78, 5) is 18.6. The maximum absolute atomic E-state index is 14.0. The zero-order valence-electron chi connectivity index (χ0n) is 19.0. The SMILES string of the molecule is O=C1[C@@H](Cc2ccccc2)N(Cn2nnc3ccccc32)CN1C1C2CC3CC(C2)CC1C3. The Morgan fingerprint density at radius 3 is 2.30 bits per heavy atom. The summed E-state index contributed by atoms with van der Waals surface area (Å²) in [5, 5.41) is 8.78. The Labute approximate surface area is 194 Å². The van der Waals surface area contributed by atoms with Gasteiger partial charge in [0.25, 0.3) is 0 Å². The number of amides is 1. The van der Waals surface area contributed by atoms with Crippen molar-refractivity contribution in [3.8, 4) is 0 Å². The molecule has 1 aromatic heterocycles. The third kappa shape index (κ3) is 3.30. The van der Waals surface area contributed by atoms with Gasteiger partial charge < -0.3 is 4.90 Å². The lowest BCUT2D eigenvalue weighted by Gasteiger charge is -2.56. The Morgan fingerprint density at radius 1 is 0.848 bits per heavy atom. The third-order valence-corrected chi connectivity index (χ3v) is 8.89. The fourth-order valence-corrected chi connectivity index (χ4v) is 7.75. The molecule has 2 heterocycles. The van der Waals surface area contributed by atoms with E-state index in [9.17, 15) is 4.79 Å². The summed E-state index contributed by atoms with van der Waals surface area (Å²) in [7, 11) is 0. The van der Waals surface area contributed by atoms with Crippen LogP contribution in [-0.4, -0.2) is 49.5 Å². The number of hydrogen-bond donors (Lipinski definition) is 0. The molecule has 0 radical (unpaired) electrons. The van der Waals surface area contributed by atoms with Crippen molar-refractivity contribution in [2.45, 2.75) is 57.3 Å². The third-order valence-electron chi connectivity index (χ3n) is 8.89. The predicted molar refractivity (Wildman–Crippen MR) is 126 cm³/mol. The highest BCUT2D eigenvalue weighted by Crippen LogP contribution is 2.55. The van der Waals surface area contributed by atoms with Gasteiger partial charge in [0.1, 0.15) is 5.52 Å². The lowest BCUT2D eigenvalue weighted by molar-refractivity contribution is -0.139. The van der Waals surface area contributed by atoms with E-state index in [0.29, 0.717) is 37.1 Å². The molecule has 1 amide bonds. The number of carbonyl (C=O) groups excluding carboxylic acids is 1. The van der Waals surface area contributed by atoms with E-state index in [0.717, 1.165) is 29.3 Å². The first-order valence-electron chi connectivity index (χ1n) is 12.6. The van der Waals surface area contributed by atoms with Crippen LogP contribution < -0.4 is 0 Å². The monoisotopic (exact) mass is 441 g/mol. The number of fused-ring (bicyclic) bond motifs is 1. The van der Waals surface area contributed by atoms with Crippen molar-refractivity contribution < 1.29 is 4.79 Å². The highest BCUT2D eigenvalue weighted by Gasteiger charge is 2.53. The lowest BCUT2D eigenvalue weighted by Crippen LogP contribution is -2.56. The molecule has 4 aliphatic carbocycles. The molecule has 1 aliphatic heterocycles. The smallest absolute Gasteiger partial charge is 0.241 e. The molecule has 0 unspecified atom stereocenters. The molecule has 5 fully saturated rings. The number of rotatable bonds is 5. The second-order valence-corrected chi connectivity index (χ2v) is 10.9. The molecule has 8 rings (SSSR count). The van der Waals surface area contributed by atoms with Crippen LogP contribution in [0.15, 0.2) is 54.6 Å². The molecule has 4 bridgehead atoms. The van der Waals surface area contributed by atoms with Crippen LogP contribution in [0.2, 0.25) is 0 Å². The maximum Gasteiger partial charge on any atom is 0.241 e. The Balaban J connectivity index is 1.20. The van der Waals surface area contributed by atoms with Crippen molar-refractivity contribution in [1.82, 2.24) is 24.8 Å². The number of carbonyl (C=O) groups is 1. The second-order valence-electron chi connectivity index (χ2n) is 10.9. The van der Waals surface area contributed by atoms with Crippen molar-refractivity contribution in [2.24, 2.45) is 23.7 Å². The number of hydrogen-bond acceptors (Lipinski definition) is 4. The molecule has 0 N–H and O–H groups in total. The van der Waals surface area contributed by atoms with Gasteiger partial charge in [-0.25, -0.2) is 4.68 Å². The van der Waals surface area contributed by atoms with Crippen molar-refractivity contribution in [1.29, 1.82) is 0 Å². The van der Waals surface area contributed by atoms with Crippen LogP contribution in [-0.2, 0) is 17.9 Å². The maximum atomic E-state index is 14.0. The summed E-state index contributed by atoms with van der Waals surface area (Å²) in [5.41, 5.74) is 3.15. The quantitative estimate of drug-likeness (QED) is 0.602. The normalized spacial score (nSPS) is 33.5. The van der Waals surface area contributed by atoms with E-state index in [-0.39, 0.29) is 6.04 Å². The summed E-state index contributed by atoms with van der Waals surface area (Å²) < 4.78 is 1.96. The fourth-order valence-electron chi connectivity index (χ4n) is 7.75. The van der Waals surface area contributed by atoms with Crippen LogP contribution in [0.1, 0.15) is 37.7 Å². The van der Waals surface area contributed by atoms with Crippen LogP contribution >= 0.6 is 0 Å². The summed E-state index contributed by atoms with van der Waals surface area (Å²) in [6.07, 6.45) is 7.51. The van der Waals surface area contributed by atoms with E-state index in [4.69, 9.17) is 0 Å². The van der Waals surface area contributed by atoms with Crippen molar-refractivity contribution in [2.75, 3.05) is 6.67 Å². The minimum Gasteiger partial charge on any atom is -0.325 e. The number of nitrogens with zero attached hydrogens (tertiary/aromatic N) is 5. The molecule has 6 nitrogen and oxygen atoms in total. The fraction of sp³-hybridized carbons (Fsp3) is 0.519. The summed E-state index contributed by atoms with van der Waals surface area (Å²) in [6.45, 7) is 1.30. The van der Waals surface area contributed by atoms with E-state index >= 15 is 0 Å².